The van der Waals surface area contributed by atoms with Gasteiger partial charge in [0, 0.05) is 11.3 Å². The van der Waals surface area contributed by atoms with Crippen molar-refractivity contribution in [3.8, 4) is 0 Å². The van der Waals surface area contributed by atoms with Crippen molar-refractivity contribution in [2.24, 2.45) is 5.16 Å². The summed E-state index contributed by atoms with van der Waals surface area (Å²) in [6, 6.07) is 13.9. The summed E-state index contributed by atoms with van der Waals surface area (Å²) in [4.78, 5) is 5.41. The molecule has 0 aromatic heterocycles. The number of nitrogen functional groups attached to an aromatic ring is 1. The van der Waals surface area contributed by atoms with E-state index < -0.39 is 0 Å². The van der Waals surface area contributed by atoms with E-state index in [4.69, 9.17) is 10.6 Å². The fraction of sp³-hybridized carbons (Fsp3) is 0.235. The monoisotopic (exact) mass is 268 g/mol. The van der Waals surface area contributed by atoms with Gasteiger partial charge in [-0.1, -0.05) is 41.1 Å². The van der Waals surface area contributed by atoms with E-state index in [0.717, 1.165) is 22.5 Å². The first-order valence-corrected chi connectivity index (χ1v) is 6.65. The van der Waals surface area contributed by atoms with Gasteiger partial charge in [0.1, 0.15) is 6.61 Å². The van der Waals surface area contributed by atoms with E-state index in [1.54, 1.807) is 0 Å². The van der Waals surface area contributed by atoms with Crippen molar-refractivity contribution in [2.45, 2.75) is 27.4 Å². The van der Waals surface area contributed by atoms with Gasteiger partial charge >= 0.3 is 0 Å². The Labute approximate surface area is 120 Å². The molecule has 0 saturated carbocycles. The predicted molar refractivity (Wildman–Crippen MR) is 83.8 cm³/mol. The summed E-state index contributed by atoms with van der Waals surface area (Å²) in [5.74, 6) is 0. The van der Waals surface area contributed by atoms with Gasteiger partial charge in [-0.3, -0.25) is 0 Å². The Balaban J connectivity index is 2.02. The van der Waals surface area contributed by atoms with E-state index in [1.165, 1.54) is 11.1 Å². The maximum atomic E-state index is 5.64. The Morgan fingerprint density at radius 2 is 1.80 bits per heavy atom. The van der Waals surface area contributed by atoms with Gasteiger partial charge in [0.2, 0.25) is 0 Å². The van der Waals surface area contributed by atoms with Crippen LogP contribution in [0.5, 0.6) is 0 Å². The van der Waals surface area contributed by atoms with Crippen molar-refractivity contribution in [3.05, 3.63) is 64.7 Å². The van der Waals surface area contributed by atoms with Gasteiger partial charge < -0.3 is 10.6 Å². The Hall–Kier alpha value is -2.29. The van der Waals surface area contributed by atoms with Crippen LogP contribution in [0.4, 0.5) is 5.69 Å². The van der Waals surface area contributed by atoms with Gasteiger partial charge in [0.05, 0.1) is 5.71 Å². The van der Waals surface area contributed by atoms with Crippen LogP contribution in [0.1, 0.15) is 29.2 Å². The minimum atomic E-state index is 0.447. The van der Waals surface area contributed by atoms with Crippen LogP contribution >= 0.6 is 0 Å². The number of oxime groups is 1. The van der Waals surface area contributed by atoms with Crippen LogP contribution in [0, 0.1) is 13.8 Å². The summed E-state index contributed by atoms with van der Waals surface area (Å²) < 4.78 is 0. The third-order valence-electron chi connectivity index (χ3n) is 3.18. The number of rotatable bonds is 4. The largest absolute Gasteiger partial charge is 0.399 e. The summed E-state index contributed by atoms with van der Waals surface area (Å²) in [7, 11) is 0. The lowest BCUT2D eigenvalue weighted by Gasteiger charge is -2.07. The molecule has 0 aliphatic rings. The lowest BCUT2D eigenvalue weighted by molar-refractivity contribution is 0.130. The molecule has 2 N–H and O–H groups in total. The molecule has 2 rings (SSSR count). The molecule has 0 amide bonds. The number of benzene rings is 2. The first kappa shape index (κ1) is 14.1. The first-order valence-electron chi connectivity index (χ1n) is 6.65. The molecule has 0 saturated heterocycles. The molecule has 0 heterocycles. The summed E-state index contributed by atoms with van der Waals surface area (Å²) in [5.41, 5.74) is 11.9. The van der Waals surface area contributed by atoms with Crippen LogP contribution in [0.25, 0.3) is 0 Å². The van der Waals surface area contributed by atoms with E-state index >= 15 is 0 Å². The molecule has 104 valence electrons. The minimum absolute atomic E-state index is 0.447. The molecule has 0 aliphatic carbocycles. The third-order valence-corrected chi connectivity index (χ3v) is 3.18. The highest BCUT2D eigenvalue weighted by Crippen LogP contribution is 2.12. The van der Waals surface area contributed by atoms with Gasteiger partial charge in [-0.05, 0) is 44.0 Å². The van der Waals surface area contributed by atoms with E-state index in [0.29, 0.717) is 6.61 Å². The number of nitrogens with zero attached hydrogens (tertiary/aromatic N) is 1. The minimum Gasteiger partial charge on any atom is -0.399 e. The summed E-state index contributed by atoms with van der Waals surface area (Å²) in [6.45, 7) is 6.57. The maximum Gasteiger partial charge on any atom is 0.142 e. The summed E-state index contributed by atoms with van der Waals surface area (Å²) in [5, 5.41) is 4.19. The molecule has 0 atom stereocenters. The highest BCUT2D eigenvalue weighted by molar-refractivity contribution is 5.99. The zero-order chi connectivity index (χ0) is 14.5. The summed E-state index contributed by atoms with van der Waals surface area (Å²) in [6.07, 6.45) is 0. The molecular formula is C17H20N2O. The van der Waals surface area contributed by atoms with Crippen LogP contribution in [-0.2, 0) is 11.4 Å². The SMILES string of the molecule is C/C(=N\OCc1ccc(N)cc1)c1ccc(C)cc1C. The zero-order valence-corrected chi connectivity index (χ0v) is 12.2. The quantitative estimate of drug-likeness (QED) is 0.520. The van der Waals surface area contributed by atoms with Crippen molar-refractivity contribution in [1.29, 1.82) is 0 Å². The van der Waals surface area contributed by atoms with Crippen LogP contribution in [0.3, 0.4) is 0 Å². The van der Waals surface area contributed by atoms with Crippen LogP contribution in [0.2, 0.25) is 0 Å². The van der Waals surface area contributed by atoms with Gasteiger partial charge in [-0.25, -0.2) is 0 Å². The topological polar surface area (TPSA) is 47.6 Å². The molecule has 2 aromatic carbocycles. The number of nitrogens with two attached hydrogens (primary N) is 1. The molecule has 0 spiro atoms. The highest BCUT2D eigenvalue weighted by atomic mass is 16.6. The third kappa shape index (κ3) is 3.60. The molecule has 3 nitrogen and oxygen atoms in total. The highest BCUT2D eigenvalue weighted by Gasteiger charge is 2.02. The standard InChI is InChI=1S/C17H20N2O/c1-12-4-9-17(13(2)10-12)14(3)19-20-11-15-5-7-16(18)8-6-15/h4-10H,11,18H2,1-3H3/b19-14+. The van der Waals surface area contributed by atoms with Crippen LogP contribution < -0.4 is 5.73 Å². The molecule has 0 aliphatic heterocycles. The van der Waals surface area contributed by atoms with E-state index in [2.05, 4.69) is 37.2 Å². The first-order chi connectivity index (χ1) is 9.56. The second-order valence-corrected chi connectivity index (χ2v) is 5.01. The second-order valence-electron chi connectivity index (χ2n) is 5.01. The van der Waals surface area contributed by atoms with Crippen LogP contribution in [0.15, 0.2) is 47.6 Å². The lowest BCUT2D eigenvalue weighted by atomic mass is 10.0. The second kappa shape index (κ2) is 6.24. The molecule has 0 unspecified atom stereocenters. The molecule has 0 radical (unpaired) electrons. The number of anilines is 1. The van der Waals surface area contributed by atoms with Gasteiger partial charge in [0.25, 0.3) is 0 Å². The zero-order valence-electron chi connectivity index (χ0n) is 12.2. The average Bonchev–Trinajstić information content (AvgIpc) is 2.41. The predicted octanol–water partition coefficient (Wildman–Crippen LogP) is 3.83. The van der Waals surface area contributed by atoms with Crippen molar-refractivity contribution in [2.75, 3.05) is 5.73 Å². The van der Waals surface area contributed by atoms with Crippen molar-refractivity contribution >= 4 is 11.4 Å². The van der Waals surface area contributed by atoms with Crippen molar-refractivity contribution in [1.82, 2.24) is 0 Å². The smallest absolute Gasteiger partial charge is 0.142 e. The maximum absolute atomic E-state index is 5.64. The number of aryl methyl sites for hydroxylation is 2. The van der Waals surface area contributed by atoms with Crippen LogP contribution in [-0.4, -0.2) is 5.71 Å². The fourth-order valence-electron chi connectivity index (χ4n) is 2.09. The Kier molecular flexibility index (Phi) is 4.41. The average molecular weight is 268 g/mol. The fourth-order valence-corrected chi connectivity index (χ4v) is 2.09. The van der Waals surface area contributed by atoms with Crippen molar-refractivity contribution < 1.29 is 4.84 Å². The molecule has 0 bridgehead atoms. The van der Waals surface area contributed by atoms with Crippen molar-refractivity contribution in [3.63, 3.8) is 0 Å². The molecule has 0 fully saturated rings. The Bertz CT molecular complexity index is 615. The van der Waals surface area contributed by atoms with Gasteiger partial charge in [-0.15, -0.1) is 0 Å². The summed E-state index contributed by atoms with van der Waals surface area (Å²) >= 11 is 0. The normalized spacial score (nSPS) is 11.4. The van der Waals surface area contributed by atoms with Gasteiger partial charge in [0.15, 0.2) is 0 Å². The number of hydrogen-bond donors (Lipinski definition) is 1. The lowest BCUT2D eigenvalue weighted by Crippen LogP contribution is -2.00. The number of hydrogen-bond acceptors (Lipinski definition) is 3. The Morgan fingerprint density at radius 1 is 1.10 bits per heavy atom. The van der Waals surface area contributed by atoms with Gasteiger partial charge in [-0.2, -0.15) is 0 Å². The molecular weight excluding hydrogens is 248 g/mol. The van der Waals surface area contributed by atoms with E-state index in [1.807, 2.05) is 31.2 Å². The van der Waals surface area contributed by atoms with E-state index in [-0.39, 0.29) is 0 Å². The Morgan fingerprint density at radius 3 is 2.45 bits per heavy atom. The molecule has 20 heavy (non-hydrogen) atoms. The molecule has 3 heteroatoms. The molecule has 2 aromatic rings. The van der Waals surface area contributed by atoms with E-state index in [9.17, 15) is 0 Å².